The molecule has 0 aliphatic heterocycles. The van der Waals surface area contributed by atoms with Gasteiger partial charge in [-0.25, -0.2) is 15.0 Å². The van der Waals surface area contributed by atoms with E-state index in [1.165, 1.54) is 6.33 Å². The Balaban J connectivity index is 1.42. The molecule has 166 valence electrons. The summed E-state index contributed by atoms with van der Waals surface area (Å²) in [7, 11) is 0. The second kappa shape index (κ2) is 7.43. The van der Waals surface area contributed by atoms with Gasteiger partial charge in [-0.1, -0.05) is 26.0 Å². The lowest BCUT2D eigenvalue weighted by Crippen LogP contribution is -2.35. The minimum absolute atomic E-state index is 0.160. The summed E-state index contributed by atoms with van der Waals surface area (Å²) >= 11 is 0. The Labute approximate surface area is 185 Å². The number of nitrogens with zero attached hydrogens (tertiary/aromatic N) is 4. The molecule has 5 atom stereocenters. The predicted molar refractivity (Wildman–Crippen MR) is 125 cm³/mol. The van der Waals surface area contributed by atoms with E-state index in [9.17, 15) is 10.2 Å². The summed E-state index contributed by atoms with van der Waals surface area (Å²) in [6, 6.07) is 11.5. The van der Waals surface area contributed by atoms with E-state index in [1.54, 1.807) is 6.07 Å². The monoisotopic (exact) mass is 432 g/mol. The maximum absolute atomic E-state index is 11.1. The van der Waals surface area contributed by atoms with Crippen LogP contribution in [0.2, 0.25) is 0 Å². The molecule has 0 bridgehead atoms. The lowest BCUT2D eigenvalue weighted by atomic mass is 9.76. The van der Waals surface area contributed by atoms with Crippen LogP contribution in [0.4, 0.5) is 11.6 Å². The molecule has 0 amide bonds. The number of hydrogen-bond donors (Lipinski definition) is 4. The third-order valence-electron chi connectivity index (χ3n) is 7.08. The Hall–Kier alpha value is -3.23. The van der Waals surface area contributed by atoms with Crippen molar-refractivity contribution in [3.8, 4) is 0 Å². The molecule has 1 aromatic carbocycles. The minimum Gasteiger partial charge on any atom is -0.390 e. The Morgan fingerprint density at radius 1 is 1.16 bits per heavy atom. The highest BCUT2D eigenvalue weighted by Gasteiger charge is 2.51. The van der Waals surface area contributed by atoms with Gasteiger partial charge in [-0.2, -0.15) is 0 Å². The molecule has 1 aliphatic carbocycles. The number of nitrogen functional groups attached to an aromatic ring is 2. The lowest BCUT2D eigenvalue weighted by Gasteiger charge is -2.31. The van der Waals surface area contributed by atoms with Gasteiger partial charge in [0.05, 0.1) is 23.0 Å². The predicted octanol–water partition coefficient (Wildman–Crippen LogP) is 3.01. The molecule has 5 rings (SSSR count). The van der Waals surface area contributed by atoms with E-state index < -0.39 is 17.6 Å². The highest BCUT2D eigenvalue weighted by molar-refractivity contribution is 5.86. The van der Waals surface area contributed by atoms with Gasteiger partial charge in [0.1, 0.15) is 29.7 Å². The highest BCUT2D eigenvalue weighted by atomic mass is 16.3. The summed E-state index contributed by atoms with van der Waals surface area (Å²) in [5, 5.41) is 23.8. The van der Waals surface area contributed by atoms with E-state index in [1.807, 2.05) is 29.8 Å². The van der Waals surface area contributed by atoms with Crippen molar-refractivity contribution in [3.63, 3.8) is 0 Å². The van der Waals surface area contributed by atoms with Gasteiger partial charge in [-0.15, -0.1) is 0 Å². The molecule has 0 spiro atoms. The van der Waals surface area contributed by atoms with Crippen molar-refractivity contribution in [2.75, 3.05) is 11.5 Å². The van der Waals surface area contributed by atoms with Crippen LogP contribution >= 0.6 is 0 Å². The summed E-state index contributed by atoms with van der Waals surface area (Å²) in [6.07, 6.45) is 2.86. The van der Waals surface area contributed by atoms with Gasteiger partial charge in [0.2, 0.25) is 0 Å². The average Bonchev–Trinajstić information content (AvgIpc) is 3.29. The van der Waals surface area contributed by atoms with Crippen LogP contribution in [-0.2, 0) is 0 Å². The molecule has 8 heteroatoms. The van der Waals surface area contributed by atoms with Crippen LogP contribution in [0.25, 0.3) is 21.9 Å². The molecule has 4 aromatic rings. The summed E-state index contributed by atoms with van der Waals surface area (Å²) in [5.41, 5.74) is 14.0. The molecule has 32 heavy (non-hydrogen) atoms. The van der Waals surface area contributed by atoms with Crippen LogP contribution in [-0.4, -0.2) is 41.9 Å². The van der Waals surface area contributed by atoms with Crippen molar-refractivity contribution < 1.29 is 10.2 Å². The van der Waals surface area contributed by atoms with Gasteiger partial charge in [0, 0.05) is 11.6 Å². The Morgan fingerprint density at radius 3 is 2.75 bits per heavy atom. The van der Waals surface area contributed by atoms with E-state index >= 15 is 0 Å². The summed E-state index contributed by atoms with van der Waals surface area (Å²) in [6.45, 7) is 4.19. The summed E-state index contributed by atoms with van der Waals surface area (Å²) in [4.78, 5) is 12.8. The lowest BCUT2D eigenvalue weighted by molar-refractivity contribution is -0.0260. The molecule has 3 heterocycles. The van der Waals surface area contributed by atoms with Gasteiger partial charge < -0.3 is 26.2 Å². The molecule has 1 saturated carbocycles. The van der Waals surface area contributed by atoms with E-state index in [4.69, 9.17) is 11.5 Å². The van der Waals surface area contributed by atoms with Crippen LogP contribution in [0, 0.1) is 5.41 Å². The largest absolute Gasteiger partial charge is 0.390 e. The molecular weight excluding hydrogens is 404 g/mol. The number of benzene rings is 1. The van der Waals surface area contributed by atoms with Crippen LogP contribution in [0.5, 0.6) is 0 Å². The fourth-order valence-electron chi connectivity index (χ4n) is 5.34. The number of aliphatic hydroxyl groups excluding tert-OH is 2. The second-order valence-electron chi connectivity index (χ2n) is 9.37. The SMILES string of the molecule is CC(C[C@@]1(C)C[C@@H](n2ccc3c(N)ncnc32)[C@H](O)[C@@H]1O)c1ccc2ccc(N)nc2c1. The first kappa shape index (κ1) is 20.7. The molecule has 0 radical (unpaired) electrons. The quantitative estimate of drug-likeness (QED) is 0.389. The average molecular weight is 433 g/mol. The Bertz CT molecular complexity index is 1300. The van der Waals surface area contributed by atoms with Gasteiger partial charge in [-0.05, 0) is 54.0 Å². The molecule has 0 saturated heterocycles. The fourth-order valence-corrected chi connectivity index (χ4v) is 5.34. The number of aliphatic hydroxyl groups is 2. The number of pyridine rings is 1. The van der Waals surface area contributed by atoms with Crippen molar-refractivity contribution in [2.45, 2.75) is 50.9 Å². The van der Waals surface area contributed by atoms with Gasteiger partial charge in [0.15, 0.2) is 0 Å². The molecule has 8 nitrogen and oxygen atoms in total. The van der Waals surface area contributed by atoms with Gasteiger partial charge in [-0.3, -0.25) is 0 Å². The molecule has 1 fully saturated rings. The number of fused-ring (bicyclic) bond motifs is 2. The van der Waals surface area contributed by atoms with Gasteiger partial charge in [0.25, 0.3) is 0 Å². The maximum atomic E-state index is 11.1. The third-order valence-corrected chi connectivity index (χ3v) is 7.08. The zero-order valence-electron chi connectivity index (χ0n) is 18.2. The van der Waals surface area contributed by atoms with Crippen molar-refractivity contribution in [3.05, 3.63) is 54.5 Å². The van der Waals surface area contributed by atoms with E-state index in [0.29, 0.717) is 30.1 Å². The fraction of sp³-hybridized carbons (Fsp3) is 0.375. The van der Waals surface area contributed by atoms with Crippen LogP contribution < -0.4 is 11.5 Å². The van der Waals surface area contributed by atoms with Crippen LogP contribution in [0.3, 0.4) is 0 Å². The van der Waals surface area contributed by atoms with Crippen molar-refractivity contribution >= 4 is 33.6 Å². The number of nitrogens with two attached hydrogens (primary N) is 2. The zero-order valence-corrected chi connectivity index (χ0v) is 18.2. The van der Waals surface area contributed by atoms with Crippen molar-refractivity contribution in [1.82, 2.24) is 19.5 Å². The third kappa shape index (κ3) is 3.27. The Morgan fingerprint density at radius 2 is 1.94 bits per heavy atom. The van der Waals surface area contributed by atoms with Crippen molar-refractivity contribution in [1.29, 1.82) is 0 Å². The standard InChI is InChI=1S/C24H28N6O2/c1-13(15-4-3-14-5-6-19(25)29-17(14)9-15)10-24(2)11-18(20(31)21(24)32)30-8-7-16-22(26)27-12-28-23(16)30/h3-9,12-13,18,20-21,31-32H,10-11H2,1-2H3,(H2,25,29)(H2,26,27,28)/t13?,18-,20+,21+,24+/m1/s1. The number of rotatable bonds is 4. The van der Waals surface area contributed by atoms with E-state index in [0.717, 1.165) is 21.9 Å². The van der Waals surface area contributed by atoms with Crippen LogP contribution in [0.1, 0.15) is 44.2 Å². The first-order valence-corrected chi connectivity index (χ1v) is 10.9. The van der Waals surface area contributed by atoms with Gasteiger partial charge >= 0.3 is 0 Å². The molecule has 1 aliphatic rings. The second-order valence-corrected chi connectivity index (χ2v) is 9.37. The normalized spacial score (nSPS) is 26.7. The molecule has 3 aromatic heterocycles. The smallest absolute Gasteiger partial charge is 0.145 e. The Kier molecular flexibility index (Phi) is 4.79. The maximum Gasteiger partial charge on any atom is 0.145 e. The minimum atomic E-state index is -0.906. The van der Waals surface area contributed by atoms with E-state index in [-0.39, 0.29) is 12.0 Å². The highest BCUT2D eigenvalue weighted by Crippen LogP contribution is 2.50. The van der Waals surface area contributed by atoms with E-state index in [2.05, 4.69) is 40.1 Å². The first-order chi connectivity index (χ1) is 15.3. The molecular formula is C24H28N6O2. The first-order valence-electron chi connectivity index (χ1n) is 10.9. The summed E-state index contributed by atoms with van der Waals surface area (Å²) in [5.74, 6) is 1.06. The topological polar surface area (TPSA) is 136 Å². The number of aromatic nitrogens is 4. The van der Waals surface area contributed by atoms with Crippen LogP contribution in [0.15, 0.2) is 48.9 Å². The van der Waals surface area contributed by atoms with Crippen molar-refractivity contribution in [2.24, 2.45) is 5.41 Å². The zero-order chi connectivity index (χ0) is 22.6. The summed E-state index contributed by atoms with van der Waals surface area (Å²) < 4.78 is 1.92. The molecule has 6 N–H and O–H groups in total. The molecule has 1 unspecified atom stereocenters. The number of anilines is 2. The number of hydrogen-bond acceptors (Lipinski definition) is 7.